The van der Waals surface area contributed by atoms with Gasteiger partial charge in [-0.2, -0.15) is 4.40 Å². The van der Waals surface area contributed by atoms with Gasteiger partial charge >= 0.3 is 0 Å². The predicted molar refractivity (Wildman–Crippen MR) is 74.0 cm³/mol. The highest BCUT2D eigenvalue weighted by molar-refractivity contribution is 9.10. The number of ether oxygens (including phenoxy) is 1. The Morgan fingerprint density at radius 2 is 2.18 bits per heavy atom. The fraction of sp³-hybridized carbons (Fsp3) is 0.455. The molecule has 1 aromatic heterocycles. The molecule has 6 heteroatoms. The molecule has 0 aliphatic carbocycles. The van der Waals surface area contributed by atoms with Gasteiger partial charge in [-0.25, -0.2) is 4.21 Å². The van der Waals surface area contributed by atoms with E-state index in [0.717, 1.165) is 4.47 Å². The maximum absolute atomic E-state index is 11.7. The minimum Gasteiger partial charge on any atom is -0.494 e. The molecule has 1 rings (SSSR count). The molecule has 0 fully saturated rings. The molecule has 0 bridgehead atoms. The molecule has 0 saturated carbocycles. The first-order chi connectivity index (χ1) is 7.84. The summed E-state index contributed by atoms with van der Waals surface area (Å²) in [4.78, 5) is 4.13. The standard InChI is InChI=1S/C11H15BrN2O2S/c1-11(2,3)17(15)14-6-8-5-9(12)10(16-4)7-13-8/h5-7H,1-4H3. The molecule has 4 nitrogen and oxygen atoms in total. The third-order valence-corrected chi connectivity index (χ3v) is 3.83. The van der Waals surface area contributed by atoms with Crippen molar-refractivity contribution in [2.75, 3.05) is 7.11 Å². The molecule has 1 unspecified atom stereocenters. The predicted octanol–water partition coefficient (Wildman–Crippen LogP) is 2.73. The van der Waals surface area contributed by atoms with Gasteiger partial charge in [0.25, 0.3) is 0 Å². The lowest BCUT2D eigenvalue weighted by Crippen LogP contribution is -2.19. The number of nitrogens with zero attached hydrogens (tertiary/aromatic N) is 2. The number of aromatic nitrogens is 1. The van der Waals surface area contributed by atoms with Crippen molar-refractivity contribution >= 4 is 33.1 Å². The Bertz CT molecular complexity index is 455. The van der Waals surface area contributed by atoms with Crippen LogP contribution < -0.4 is 4.74 Å². The van der Waals surface area contributed by atoms with Gasteiger partial charge in [-0.3, -0.25) is 4.98 Å². The Morgan fingerprint density at radius 3 is 2.65 bits per heavy atom. The minimum atomic E-state index is -1.27. The van der Waals surface area contributed by atoms with Gasteiger partial charge in [-0.05, 0) is 42.8 Å². The second kappa shape index (κ2) is 5.73. The third kappa shape index (κ3) is 4.20. The van der Waals surface area contributed by atoms with E-state index >= 15 is 0 Å². The molecule has 0 N–H and O–H groups in total. The van der Waals surface area contributed by atoms with Crippen molar-refractivity contribution in [2.45, 2.75) is 25.5 Å². The van der Waals surface area contributed by atoms with Gasteiger partial charge in [0, 0.05) is 0 Å². The van der Waals surface area contributed by atoms with Gasteiger partial charge in [-0.1, -0.05) is 0 Å². The largest absolute Gasteiger partial charge is 0.494 e. The highest BCUT2D eigenvalue weighted by Crippen LogP contribution is 2.23. The van der Waals surface area contributed by atoms with Crippen molar-refractivity contribution in [1.82, 2.24) is 4.98 Å². The SMILES string of the molecule is COc1cnc(C=NS(=O)C(C)(C)C)cc1Br. The Balaban J connectivity index is 2.86. The van der Waals surface area contributed by atoms with Crippen LogP contribution >= 0.6 is 15.9 Å². The quantitative estimate of drug-likeness (QED) is 0.805. The smallest absolute Gasteiger partial charge is 0.151 e. The lowest BCUT2D eigenvalue weighted by atomic mass is 10.3. The van der Waals surface area contributed by atoms with Crippen LogP contribution in [0.4, 0.5) is 0 Å². The Hall–Kier alpha value is -0.750. The topological polar surface area (TPSA) is 51.6 Å². The van der Waals surface area contributed by atoms with Gasteiger partial charge in [0.15, 0.2) is 5.75 Å². The van der Waals surface area contributed by atoms with Crippen LogP contribution in [-0.4, -0.2) is 27.3 Å². The van der Waals surface area contributed by atoms with Crippen LogP contribution in [0.2, 0.25) is 0 Å². The van der Waals surface area contributed by atoms with Crippen LogP contribution in [0, 0.1) is 0 Å². The lowest BCUT2D eigenvalue weighted by molar-refractivity contribution is 0.410. The van der Waals surface area contributed by atoms with Crippen LogP contribution in [0.5, 0.6) is 5.75 Å². The summed E-state index contributed by atoms with van der Waals surface area (Å²) in [6.07, 6.45) is 3.09. The highest BCUT2D eigenvalue weighted by Gasteiger charge is 2.18. The third-order valence-electron chi connectivity index (χ3n) is 1.87. The van der Waals surface area contributed by atoms with E-state index in [2.05, 4.69) is 25.3 Å². The second-order valence-electron chi connectivity index (χ2n) is 4.34. The average molecular weight is 319 g/mol. The summed E-state index contributed by atoms with van der Waals surface area (Å²) >= 11 is 3.35. The van der Waals surface area contributed by atoms with Crippen LogP contribution in [0.25, 0.3) is 0 Å². The van der Waals surface area contributed by atoms with E-state index in [-0.39, 0.29) is 4.75 Å². The Morgan fingerprint density at radius 1 is 1.53 bits per heavy atom. The van der Waals surface area contributed by atoms with Crippen LogP contribution in [0.15, 0.2) is 21.1 Å². The van der Waals surface area contributed by atoms with Crippen molar-refractivity contribution in [3.8, 4) is 5.75 Å². The van der Waals surface area contributed by atoms with Crippen molar-refractivity contribution in [3.05, 3.63) is 22.4 Å². The summed E-state index contributed by atoms with van der Waals surface area (Å²) in [5, 5.41) is 0. The summed E-state index contributed by atoms with van der Waals surface area (Å²) in [7, 11) is 0.305. The molecule has 1 aromatic rings. The molecule has 0 aliphatic rings. The number of hydrogen-bond donors (Lipinski definition) is 0. The van der Waals surface area contributed by atoms with Crippen molar-refractivity contribution in [1.29, 1.82) is 0 Å². The first kappa shape index (κ1) is 14.3. The van der Waals surface area contributed by atoms with E-state index in [9.17, 15) is 4.21 Å². The average Bonchev–Trinajstić information content (AvgIpc) is 2.24. The normalized spacial score (nSPS) is 13.9. The molecule has 0 saturated heterocycles. The van der Waals surface area contributed by atoms with E-state index < -0.39 is 11.0 Å². The number of rotatable bonds is 3. The van der Waals surface area contributed by atoms with Crippen molar-refractivity contribution < 1.29 is 8.95 Å². The molecule has 17 heavy (non-hydrogen) atoms. The first-order valence-corrected chi connectivity index (χ1v) is 6.90. The van der Waals surface area contributed by atoms with Gasteiger partial charge < -0.3 is 4.74 Å². The molecule has 0 spiro atoms. The van der Waals surface area contributed by atoms with E-state index in [1.807, 2.05) is 20.8 Å². The maximum Gasteiger partial charge on any atom is 0.151 e. The fourth-order valence-corrected chi connectivity index (χ4v) is 1.93. The fourth-order valence-electron chi connectivity index (χ4n) is 0.914. The zero-order valence-corrected chi connectivity index (χ0v) is 12.6. The highest BCUT2D eigenvalue weighted by atomic mass is 79.9. The summed E-state index contributed by atoms with van der Waals surface area (Å²) in [6.45, 7) is 5.62. The molecule has 94 valence electrons. The minimum absolute atomic E-state index is 0.361. The van der Waals surface area contributed by atoms with Crippen LogP contribution in [0.3, 0.4) is 0 Å². The summed E-state index contributed by atoms with van der Waals surface area (Å²) in [5.41, 5.74) is 0.635. The maximum atomic E-state index is 11.7. The van der Waals surface area contributed by atoms with E-state index in [0.29, 0.717) is 11.4 Å². The van der Waals surface area contributed by atoms with Crippen molar-refractivity contribution in [3.63, 3.8) is 0 Å². The van der Waals surface area contributed by atoms with Crippen LogP contribution in [0.1, 0.15) is 26.5 Å². The van der Waals surface area contributed by atoms with Gasteiger partial charge in [0.1, 0.15) is 11.0 Å². The molecular weight excluding hydrogens is 304 g/mol. The second-order valence-corrected chi connectivity index (χ2v) is 7.13. The van der Waals surface area contributed by atoms with E-state index in [1.54, 1.807) is 19.4 Å². The number of halogens is 1. The monoisotopic (exact) mass is 318 g/mol. The van der Waals surface area contributed by atoms with Crippen molar-refractivity contribution in [2.24, 2.45) is 4.40 Å². The van der Waals surface area contributed by atoms with E-state index in [1.165, 1.54) is 6.21 Å². The zero-order valence-electron chi connectivity index (χ0n) is 10.2. The van der Waals surface area contributed by atoms with Gasteiger partial charge in [0.05, 0.1) is 34.4 Å². The number of hydrogen-bond acceptors (Lipinski definition) is 3. The summed E-state index contributed by atoms with van der Waals surface area (Å²) in [6, 6.07) is 1.77. The molecule has 1 heterocycles. The Kier molecular flexibility index (Phi) is 4.82. The molecular formula is C11H15BrN2O2S. The Labute approximate surface area is 112 Å². The zero-order chi connectivity index (χ0) is 13.1. The van der Waals surface area contributed by atoms with Gasteiger partial charge in [-0.15, -0.1) is 0 Å². The molecule has 0 aliphatic heterocycles. The first-order valence-electron chi connectivity index (χ1n) is 5.00. The lowest BCUT2D eigenvalue weighted by Gasteiger charge is -2.12. The number of pyridine rings is 1. The molecule has 0 amide bonds. The molecule has 0 radical (unpaired) electrons. The number of methoxy groups -OCH3 is 1. The van der Waals surface area contributed by atoms with E-state index in [4.69, 9.17) is 4.74 Å². The molecule has 0 aromatic carbocycles. The van der Waals surface area contributed by atoms with Gasteiger partial charge in [0.2, 0.25) is 0 Å². The van der Waals surface area contributed by atoms with Crippen LogP contribution in [-0.2, 0) is 11.0 Å². The summed E-state index contributed by atoms with van der Waals surface area (Å²) < 4.78 is 21.2. The molecule has 1 atom stereocenters. The summed E-state index contributed by atoms with van der Waals surface area (Å²) in [5.74, 6) is 0.652.